The lowest BCUT2D eigenvalue weighted by atomic mass is 10.1. The molecule has 3 heterocycles. The van der Waals surface area contributed by atoms with Crippen LogP contribution < -0.4 is 0 Å². The number of pyridine rings is 1. The number of rotatable bonds is 6. The Morgan fingerprint density at radius 1 is 1.00 bits per heavy atom. The van der Waals surface area contributed by atoms with Crippen LogP contribution in [0.3, 0.4) is 0 Å². The van der Waals surface area contributed by atoms with E-state index in [2.05, 4.69) is 15.2 Å². The Kier molecular flexibility index (Phi) is 5.39. The maximum Gasteiger partial charge on any atom is 0.416 e. The molecule has 5 nitrogen and oxygen atoms in total. The molecule has 1 aromatic carbocycles. The molecule has 0 radical (unpaired) electrons. The van der Waals surface area contributed by atoms with Gasteiger partial charge in [-0.25, -0.2) is 0 Å². The molecule has 148 valence electrons. The van der Waals surface area contributed by atoms with Crippen LogP contribution in [0.25, 0.3) is 11.4 Å². The Morgan fingerprint density at radius 2 is 1.83 bits per heavy atom. The van der Waals surface area contributed by atoms with Crippen molar-refractivity contribution in [1.82, 2.24) is 19.7 Å². The van der Waals surface area contributed by atoms with E-state index in [4.69, 9.17) is 4.42 Å². The van der Waals surface area contributed by atoms with Crippen LogP contribution in [-0.4, -0.2) is 19.7 Å². The quantitative estimate of drug-likeness (QED) is 0.400. The molecule has 0 atom stereocenters. The average molecular weight is 416 g/mol. The van der Waals surface area contributed by atoms with E-state index in [1.165, 1.54) is 23.9 Å². The third-order valence-corrected chi connectivity index (χ3v) is 5.22. The molecule has 29 heavy (non-hydrogen) atoms. The van der Waals surface area contributed by atoms with Crippen LogP contribution >= 0.6 is 11.8 Å². The smallest absolute Gasteiger partial charge is 0.416 e. The average Bonchev–Trinajstić information content (AvgIpc) is 3.37. The van der Waals surface area contributed by atoms with E-state index in [9.17, 15) is 13.2 Å². The number of benzene rings is 1. The lowest BCUT2D eigenvalue weighted by Gasteiger charge is -2.09. The Labute approximate surface area is 168 Å². The summed E-state index contributed by atoms with van der Waals surface area (Å²) >= 11 is 1.40. The van der Waals surface area contributed by atoms with Gasteiger partial charge in [-0.3, -0.25) is 9.55 Å². The summed E-state index contributed by atoms with van der Waals surface area (Å²) in [7, 11) is 0. The zero-order valence-electron chi connectivity index (χ0n) is 15.0. The first-order chi connectivity index (χ1) is 14.0. The van der Waals surface area contributed by atoms with E-state index in [-0.39, 0.29) is 0 Å². The van der Waals surface area contributed by atoms with Crippen molar-refractivity contribution >= 4 is 11.8 Å². The first-order valence-corrected chi connectivity index (χ1v) is 9.64. The van der Waals surface area contributed by atoms with Gasteiger partial charge in [0.25, 0.3) is 0 Å². The van der Waals surface area contributed by atoms with E-state index in [0.717, 1.165) is 29.0 Å². The molecule has 0 saturated carbocycles. The number of alkyl halides is 3. The third-order valence-electron chi connectivity index (χ3n) is 4.18. The Hall–Kier alpha value is -3.07. The maximum absolute atomic E-state index is 12.7. The molecule has 0 fully saturated rings. The monoisotopic (exact) mass is 416 g/mol. The van der Waals surface area contributed by atoms with Gasteiger partial charge >= 0.3 is 6.18 Å². The summed E-state index contributed by atoms with van der Waals surface area (Å²) < 4.78 is 45.5. The fraction of sp³-hybridized carbons (Fsp3) is 0.150. The number of aromatic nitrogens is 4. The van der Waals surface area contributed by atoms with E-state index >= 15 is 0 Å². The SMILES string of the molecule is FC(F)(F)c1ccc(CSc2nnc(-c3cccnc3)n2Cc2ccco2)cc1. The summed E-state index contributed by atoms with van der Waals surface area (Å²) in [5.41, 5.74) is 0.914. The zero-order chi connectivity index (χ0) is 20.3. The van der Waals surface area contributed by atoms with Gasteiger partial charge in [0.1, 0.15) is 5.76 Å². The van der Waals surface area contributed by atoms with Crippen molar-refractivity contribution < 1.29 is 17.6 Å². The van der Waals surface area contributed by atoms with Crippen LogP contribution in [0.15, 0.2) is 76.8 Å². The van der Waals surface area contributed by atoms with Crippen molar-refractivity contribution in [3.05, 3.63) is 84.1 Å². The first-order valence-electron chi connectivity index (χ1n) is 8.65. The molecule has 0 bridgehead atoms. The molecule has 9 heteroatoms. The van der Waals surface area contributed by atoms with Gasteiger partial charge in [0.05, 0.1) is 18.4 Å². The minimum Gasteiger partial charge on any atom is -0.467 e. The largest absolute Gasteiger partial charge is 0.467 e. The molecule has 0 aliphatic carbocycles. The second-order valence-electron chi connectivity index (χ2n) is 6.20. The number of halogens is 3. The van der Waals surface area contributed by atoms with Crippen LogP contribution in [0.2, 0.25) is 0 Å². The summed E-state index contributed by atoms with van der Waals surface area (Å²) in [6.45, 7) is 0.430. The lowest BCUT2D eigenvalue weighted by molar-refractivity contribution is -0.137. The molecule has 0 amide bonds. The van der Waals surface area contributed by atoms with Crippen LogP contribution in [0.4, 0.5) is 13.2 Å². The van der Waals surface area contributed by atoms with Crippen molar-refractivity contribution in [3.8, 4) is 11.4 Å². The molecular weight excluding hydrogens is 401 g/mol. The highest BCUT2D eigenvalue weighted by atomic mass is 32.2. The Bertz CT molecular complexity index is 1060. The maximum atomic E-state index is 12.7. The van der Waals surface area contributed by atoms with Crippen LogP contribution in [0, 0.1) is 0 Å². The number of thioether (sulfide) groups is 1. The van der Waals surface area contributed by atoms with Gasteiger partial charge in [-0.15, -0.1) is 10.2 Å². The molecule has 3 aromatic heterocycles. The fourth-order valence-electron chi connectivity index (χ4n) is 2.74. The zero-order valence-corrected chi connectivity index (χ0v) is 15.8. The highest BCUT2D eigenvalue weighted by Crippen LogP contribution is 2.31. The lowest BCUT2D eigenvalue weighted by Crippen LogP contribution is -2.05. The van der Waals surface area contributed by atoms with Gasteiger partial charge in [-0.2, -0.15) is 13.2 Å². The molecule has 4 rings (SSSR count). The Morgan fingerprint density at radius 3 is 2.48 bits per heavy atom. The second kappa shape index (κ2) is 8.12. The predicted molar refractivity (Wildman–Crippen MR) is 102 cm³/mol. The van der Waals surface area contributed by atoms with E-state index in [1.807, 2.05) is 22.8 Å². The summed E-state index contributed by atoms with van der Waals surface area (Å²) in [5, 5.41) is 9.20. The van der Waals surface area contributed by atoms with Crippen molar-refractivity contribution in [1.29, 1.82) is 0 Å². The predicted octanol–water partition coefficient (Wildman–Crippen LogP) is 5.29. The fourth-order valence-corrected chi connectivity index (χ4v) is 3.64. The standard InChI is InChI=1S/C20H15F3N4OS/c21-20(22,23)16-7-5-14(6-8-16)13-29-19-26-25-18(15-3-1-9-24-11-15)27(19)12-17-4-2-10-28-17/h1-11H,12-13H2. The number of furan rings is 1. The van der Waals surface area contributed by atoms with Gasteiger partial charge in [-0.05, 0) is 42.0 Å². The molecule has 4 aromatic rings. The van der Waals surface area contributed by atoms with Crippen molar-refractivity contribution in [2.45, 2.75) is 23.6 Å². The van der Waals surface area contributed by atoms with Gasteiger partial charge in [0.15, 0.2) is 11.0 Å². The number of hydrogen-bond donors (Lipinski definition) is 0. The molecule has 0 N–H and O–H groups in total. The number of hydrogen-bond acceptors (Lipinski definition) is 5. The second-order valence-corrected chi connectivity index (χ2v) is 7.14. The molecule has 0 saturated heterocycles. The molecule has 0 unspecified atom stereocenters. The van der Waals surface area contributed by atoms with E-state index < -0.39 is 11.7 Å². The van der Waals surface area contributed by atoms with Crippen LogP contribution in [-0.2, 0) is 18.5 Å². The summed E-state index contributed by atoms with van der Waals surface area (Å²) in [5.74, 6) is 1.84. The van der Waals surface area contributed by atoms with Crippen molar-refractivity contribution in [2.75, 3.05) is 0 Å². The minimum absolute atomic E-state index is 0.430. The molecule has 0 spiro atoms. The van der Waals surface area contributed by atoms with Gasteiger partial charge < -0.3 is 4.42 Å². The molecule has 0 aliphatic heterocycles. The van der Waals surface area contributed by atoms with Gasteiger partial charge in [0, 0.05) is 23.7 Å². The summed E-state index contributed by atoms with van der Waals surface area (Å²) in [4.78, 5) is 4.13. The van der Waals surface area contributed by atoms with Crippen LogP contribution in [0.1, 0.15) is 16.9 Å². The Balaban J connectivity index is 1.57. The van der Waals surface area contributed by atoms with Gasteiger partial charge in [-0.1, -0.05) is 23.9 Å². The summed E-state index contributed by atoms with van der Waals surface area (Å²) in [6, 6.07) is 12.5. The minimum atomic E-state index is -4.34. The van der Waals surface area contributed by atoms with E-state index in [0.29, 0.717) is 23.3 Å². The topological polar surface area (TPSA) is 56.7 Å². The van der Waals surface area contributed by atoms with Crippen molar-refractivity contribution in [3.63, 3.8) is 0 Å². The number of nitrogens with zero attached hydrogens (tertiary/aromatic N) is 4. The molecule has 0 aliphatic rings. The first kappa shape index (κ1) is 19.3. The van der Waals surface area contributed by atoms with Crippen molar-refractivity contribution in [2.24, 2.45) is 0 Å². The normalized spacial score (nSPS) is 11.7. The van der Waals surface area contributed by atoms with Gasteiger partial charge in [0.2, 0.25) is 0 Å². The third kappa shape index (κ3) is 4.51. The van der Waals surface area contributed by atoms with Crippen LogP contribution in [0.5, 0.6) is 0 Å². The summed E-state index contributed by atoms with van der Waals surface area (Å²) in [6.07, 6.45) is 0.635. The van der Waals surface area contributed by atoms with E-state index in [1.54, 1.807) is 24.7 Å². The molecular formula is C20H15F3N4OS. The highest BCUT2D eigenvalue weighted by Gasteiger charge is 2.29. The highest BCUT2D eigenvalue weighted by molar-refractivity contribution is 7.98.